The molecule has 0 aromatic heterocycles. The van der Waals surface area contributed by atoms with Crippen molar-refractivity contribution >= 4 is 39.7 Å². The fraction of sp³-hybridized carbons (Fsp3) is 1.00. The zero-order chi connectivity index (χ0) is 5.21. The third-order valence-electron chi connectivity index (χ3n) is 0.365. The molecule has 0 saturated carbocycles. The van der Waals surface area contributed by atoms with Crippen molar-refractivity contribution in [3.63, 3.8) is 0 Å². The molecule has 0 fully saturated rings. The predicted octanol–water partition coefficient (Wildman–Crippen LogP) is -0.592. The Labute approximate surface area is 71.3 Å². The van der Waals surface area contributed by atoms with Crippen LogP contribution in [0.3, 0.4) is 0 Å². The second-order valence-corrected chi connectivity index (χ2v) is 2.61. The molecule has 0 aliphatic heterocycles. The standard InChI is InChI=1S/C2H6O3S.H3N.Na.H/c1-2-6(3,4)5;;;/h2H2,1H3,(H,3,4,5);1H3;;. The molecule has 0 radical (unpaired) electrons. The Morgan fingerprint density at radius 1 is 1.50 bits per heavy atom. The molecule has 8 heavy (non-hydrogen) atoms. The molecule has 6 heteroatoms. The van der Waals surface area contributed by atoms with Crippen LogP contribution in [0, 0.1) is 0 Å². The molecule has 4 nitrogen and oxygen atoms in total. The van der Waals surface area contributed by atoms with Crippen molar-refractivity contribution in [2.24, 2.45) is 0 Å². The van der Waals surface area contributed by atoms with Crippen LogP contribution in [0.2, 0.25) is 0 Å². The van der Waals surface area contributed by atoms with E-state index in [0.29, 0.717) is 0 Å². The van der Waals surface area contributed by atoms with Gasteiger partial charge in [-0.15, -0.1) is 0 Å². The van der Waals surface area contributed by atoms with Crippen LogP contribution in [0.25, 0.3) is 0 Å². The third kappa shape index (κ3) is 15.8. The van der Waals surface area contributed by atoms with Gasteiger partial charge in [-0.3, -0.25) is 4.55 Å². The SMILES string of the molecule is CCS(=O)(=O)O.N.[NaH]. The number of hydrogen-bond acceptors (Lipinski definition) is 3. The molecule has 0 atom stereocenters. The van der Waals surface area contributed by atoms with Crippen LogP contribution in [0.5, 0.6) is 0 Å². The zero-order valence-electron chi connectivity index (χ0n) is 4.09. The molecule has 0 aromatic rings. The summed E-state index contributed by atoms with van der Waals surface area (Å²) in [5.74, 6) is -0.201. The van der Waals surface area contributed by atoms with Crippen molar-refractivity contribution in [3.8, 4) is 0 Å². The number of rotatable bonds is 1. The van der Waals surface area contributed by atoms with Crippen LogP contribution in [0.15, 0.2) is 0 Å². The van der Waals surface area contributed by atoms with Gasteiger partial charge in [0.15, 0.2) is 0 Å². The fourth-order valence-corrected chi connectivity index (χ4v) is 0. The molecule has 0 unspecified atom stereocenters. The average Bonchev–Trinajstić information content (AvgIpc) is 1.35. The van der Waals surface area contributed by atoms with E-state index in [9.17, 15) is 8.42 Å². The van der Waals surface area contributed by atoms with Crippen molar-refractivity contribution in [1.29, 1.82) is 0 Å². The van der Waals surface area contributed by atoms with E-state index in [1.165, 1.54) is 6.92 Å². The fourth-order valence-electron chi connectivity index (χ4n) is 0. The summed E-state index contributed by atoms with van der Waals surface area (Å²) in [7, 11) is -3.66. The van der Waals surface area contributed by atoms with E-state index in [4.69, 9.17) is 4.55 Å². The van der Waals surface area contributed by atoms with Crippen LogP contribution < -0.4 is 6.15 Å². The Morgan fingerprint density at radius 3 is 1.62 bits per heavy atom. The first kappa shape index (κ1) is 15.9. The molecule has 0 amide bonds. The van der Waals surface area contributed by atoms with Gasteiger partial charge < -0.3 is 6.15 Å². The van der Waals surface area contributed by atoms with E-state index < -0.39 is 10.1 Å². The molecule has 0 aliphatic rings. The van der Waals surface area contributed by atoms with Crippen LogP contribution in [0.4, 0.5) is 0 Å². The summed E-state index contributed by atoms with van der Waals surface area (Å²) < 4.78 is 26.9. The molecule has 0 heterocycles. The van der Waals surface area contributed by atoms with Gasteiger partial charge in [-0.1, -0.05) is 0 Å². The second kappa shape index (κ2) is 6.00. The third-order valence-corrected chi connectivity index (χ3v) is 1.09. The van der Waals surface area contributed by atoms with Gasteiger partial charge in [0.2, 0.25) is 0 Å². The topological polar surface area (TPSA) is 89.4 Å². The molecule has 0 bridgehead atoms. The predicted molar refractivity (Wildman–Crippen MR) is 34.3 cm³/mol. The van der Waals surface area contributed by atoms with Crippen LogP contribution in [-0.4, -0.2) is 48.3 Å². The van der Waals surface area contributed by atoms with Gasteiger partial charge in [-0.25, -0.2) is 0 Å². The number of hydrogen-bond donors (Lipinski definition) is 2. The van der Waals surface area contributed by atoms with Crippen molar-refractivity contribution in [2.45, 2.75) is 6.92 Å². The molecule has 0 saturated heterocycles. The molecular formula is C2H10NNaO3S. The van der Waals surface area contributed by atoms with Gasteiger partial charge in [0.1, 0.15) is 0 Å². The Balaban J connectivity index is -0.000000125. The minimum absolute atomic E-state index is 0. The maximum atomic E-state index is 9.56. The van der Waals surface area contributed by atoms with Crippen molar-refractivity contribution in [3.05, 3.63) is 0 Å². The van der Waals surface area contributed by atoms with Gasteiger partial charge in [0.05, 0.1) is 5.75 Å². The molecule has 0 rings (SSSR count). The first-order valence-corrected chi connectivity index (χ1v) is 3.12. The quantitative estimate of drug-likeness (QED) is 0.387. The van der Waals surface area contributed by atoms with Crippen molar-refractivity contribution in [1.82, 2.24) is 6.15 Å². The molecular weight excluding hydrogens is 141 g/mol. The summed E-state index contributed by atoms with van der Waals surface area (Å²) in [6.07, 6.45) is 0. The monoisotopic (exact) mass is 151 g/mol. The molecule has 0 spiro atoms. The Morgan fingerprint density at radius 2 is 1.62 bits per heavy atom. The van der Waals surface area contributed by atoms with Crippen LogP contribution in [0.1, 0.15) is 6.92 Å². The maximum absolute atomic E-state index is 9.56. The Hall–Kier alpha value is 0.870. The summed E-state index contributed by atoms with van der Waals surface area (Å²) in [6.45, 7) is 1.37. The van der Waals surface area contributed by atoms with Gasteiger partial charge >= 0.3 is 29.6 Å². The molecule has 4 N–H and O–H groups in total. The first-order valence-electron chi connectivity index (χ1n) is 1.51. The molecule has 48 valence electrons. The Kier molecular flexibility index (Phi) is 12.0. The van der Waals surface area contributed by atoms with E-state index in [1.54, 1.807) is 0 Å². The van der Waals surface area contributed by atoms with Crippen LogP contribution >= 0.6 is 0 Å². The summed E-state index contributed by atoms with van der Waals surface area (Å²) >= 11 is 0. The Bertz CT molecular complexity index is 119. The van der Waals surface area contributed by atoms with Gasteiger partial charge in [0.25, 0.3) is 10.1 Å². The van der Waals surface area contributed by atoms with Gasteiger partial charge in [-0.05, 0) is 6.92 Å². The summed E-state index contributed by atoms with van der Waals surface area (Å²) in [6, 6.07) is 0. The van der Waals surface area contributed by atoms with Crippen LogP contribution in [-0.2, 0) is 10.1 Å². The van der Waals surface area contributed by atoms with Crippen molar-refractivity contribution in [2.75, 3.05) is 5.75 Å². The first-order chi connectivity index (χ1) is 2.56. The zero-order valence-corrected chi connectivity index (χ0v) is 4.90. The summed E-state index contributed by atoms with van der Waals surface area (Å²) in [5, 5.41) is 0. The van der Waals surface area contributed by atoms with E-state index in [0.717, 1.165) is 0 Å². The van der Waals surface area contributed by atoms with E-state index in [2.05, 4.69) is 0 Å². The summed E-state index contributed by atoms with van der Waals surface area (Å²) in [5.41, 5.74) is 0. The molecule has 0 aromatic carbocycles. The van der Waals surface area contributed by atoms with E-state index in [-0.39, 0.29) is 41.5 Å². The van der Waals surface area contributed by atoms with E-state index >= 15 is 0 Å². The van der Waals surface area contributed by atoms with E-state index in [1.807, 2.05) is 0 Å². The average molecular weight is 151 g/mol. The normalized spacial score (nSPS) is 8.75. The minimum atomic E-state index is -3.66. The van der Waals surface area contributed by atoms with Gasteiger partial charge in [0, 0.05) is 0 Å². The second-order valence-electron chi connectivity index (χ2n) is 0.871. The summed E-state index contributed by atoms with van der Waals surface area (Å²) in [4.78, 5) is 0. The molecule has 0 aliphatic carbocycles. The van der Waals surface area contributed by atoms with Crippen molar-refractivity contribution < 1.29 is 13.0 Å². The van der Waals surface area contributed by atoms with Gasteiger partial charge in [-0.2, -0.15) is 8.42 Å².